The van der Waals surface area contributed by atoms with E-state index in [1.54, 1.807) is 36.4 Å². The van der Waals surface area contributed by atoms with Crippen molar-refractivity contribution in [2.75, 3.05) is 27.3 Å². The highest BCUT2D eigenvalue weighted by atomic mass is 16.5. The summed E-state index contributed by atoms with van der Waals surface area (Å²) in [5, 5.41) is 40.1. The van der Waals surface area contributed by atoms with Crippen LogP contribution in [0.1, 0.15) is 16.7 Å². The molecule has 192 valence electrons. The molecule has 0 aliphatic carbocycles. The first-order chi connectivity index (χ1) is 17.3. The third-order valence-corrected chi connectivity index (χ3v) is 5.06. The lowest BCUT2D eigenvalue weighted by molar-refractivity contribution is -0.116. The molecule has 1 amide bonds. The molecule has 0 aromatic heterocycles. The van der Waals surface area contributed by atoms with E-state index in [1.807, 2.05) is 6.07 Å². The number of phenolic OH excluding ortho intramolecular Hbond substituents is 4. The second-order valence-corrected chi connectivity index (χ2v) is 7.67. The van der Waals surface area contributed by atoms with Gasteiger partial charge in [0.2, 0.25) is 5.91 Å². The number of hydrogen-bond acceptors (Lipinski definition) is 8. The van der Waals surface area contributed by atoms with Crippen LogP contribution in [0.15, 0.2) is 60.7 Å². The van der Waals surface area contributed by atoms with E-state index in [9.17, 15) is 25.2 Å². The number of carbonyl (C=O) groups is 1. The van der Waals surface area contributed by atoms with E-state index in [1.165, 1.54) is 38.5 Å². The van der Waals surface area contributed by atoms with Gasteiger partial charge in [0.25, 0.3) is 0 Å². The van der Waals surface area contributed by atoms with Gasteiger partial charge in [-0.05, 0) is 78.6 Å². The highest BCUT2D eigenvalue weighted by Gasteiger charge is 2.04. The van der Waals surface area contributed by atoms with Gasteiger partial charge in [0.1, 0.15) is 0 Å². The summed E-state index contributed by atoms with van der Waals surface area (Å²) in [6.07, 6.45) is 4.29. The molecule has 36 heavy (non-hydrogen) atoms. The molecule has 7 N–H and O–H groups in total. The van der Waals surface area contributed by atoms with Crippen LogP contribution in [-0.2, 0) is 17.6 Å². The summed E-state index contributed by atoms with van der Waals surface area (Å²) in [5.41, 5.74) is 7.99. The molecule has 0 radical (unpaired) electrons. The SMILES string of the molecule is COc1cc(CCN)ccc1O.COc1cc(CCNC(=O)C=Cc2ccc(O)c(O)c2)ccc1O. The molecule has 9 nitrogen and oxygen atoms in total. The van der Waals surface area contributed by atoms with Crippen molar-refractivity contribution in [3.05, 3.63) is 77.4 Å². The minimum atomic E-state index is -0.270. The predicted molar refractivity (Wildman–Crippen MR) is 138 cm³/mol. The van der Waals surface area contributed by atoms with Gasteiger partial charge in [-0.25, -0.2) is 0 Å². The smallest absolute Gasteiger partial charge is 0.244 e. The summed E-state index contributed by atoms with van der Waals surface area (Å²) in [7, 11) is 3.01. The van der Waals surface area contributed by atoms with Gasteiger partial charge in [0, 0.05) is 12.6 Å². The average molecular weight is 497 g/mol. The van der Waals surface area contributed by atoms with E-state index in [0.29, 0.717) is 36.6 Å². The number of benzene rings is 3. The number of hydrogen-bond donors (Lipinski definition) is 6. The summed E-state index contributed by atoms with van der Waals surface area (Å²) in [4.78, 5) is 11.8. The maximum atomic E-state index is 11.8. The Balaban J connectivity index is 0.000000319. The topological polar surface area (TPSA) is 154 Å². The summed E-state index contributed by atoms with van der Waals surface area (Å²) < 4.78 is 9.97. The van der Waals surface area contributed by atoms with E-state index in [-0.39, 0.29) is 28.9 Å². The van der Waals surface area contributed by atoms with Crippen LogP contribution >= 0.6 is 0 Å². The summed E-state index contributed by atoms with van der Waals surface area (Å²) >= 11 is 0. The Morgan fingerprint density at radius 3 is 1.89 bits per heavy atom. The predicted octanol–water partition coefficient (Wildman–Crippen LogP) is 3.09. The van der Waals surface area contributed by atoms with Crippen LogP contribution in [0.4, 0.5) is 0 Å². The van der Waals surface area contributed by atoms with Gasteiger partial charge in [-0.3, -0.25) is 4.79 Å². The minimum absolute atomic E-state index is 0.0744. The molecule has 0 bridgehead atoms. The highest BCUT2D eigenvalue weighted by Crippen LogP contribution is 2.27. The van der Waals surface area contributed by atoms with Gasteiger partial charge in [-0.2, -0.15) is 0 Å². The zero-order valence-electron chi connectivity index (χ0n) is 20.3. The molecule has 9 heteroatoms. The zero-order valence-corrected chi connectivity index (χ0v) is 20.3. The van der Waals surface area contributed by atoms with Crippen molar-refractivity contribution in [3.63, 3.8) is 0 Å². The van der Waals surface area contributed by atoms with Gasteiger partial charge in [0.05, 0.1) is 14.2 Å². The van der Waals surface area contributed by atoms with Crippen LogP contribution in [0.3, 0.4) is 0 Å². The number of carbonyl (C=O) groups excluding carboxylic acids is 1. The van der Waals surface area contributed by atoms with Crippen molar-refractivity contribution in [3.8, 4) is 34.5 Å². The first-order valence-electron chi connectivity index (χ1n) is 11.2. The monoisotopic (exact) mass is 496 g/mol. The average Bonchev–Trinajstić information content (AvgIpc) is 2.87. The molecule has 0 heterocycles. The number of phenols is 4. The van der Waals surface area contributed by atoms with Crippen LogP contribution in [0, 0.1) is 0 Å². The summed E-state index contributed by atoms with van der Waals surface area (Å²) in [6.45, 7) is 1.03. The first kappa shape index (κ1) is 27.9. The van der Waals surface area contributed by atoms with Crippen molar-refractivity contribution in [1.82, 2.24) is 5.32 Å². The number of nitrogens with two attached hydrogens (primary N) is 1. The van der Waals surface area contributed by atoms with Crippen molar-refractivity contribution < 1.29 is 34.7 Å². The van der Waals surface area contributed by atoms with Crippen LogP contribution in [0.25, 0.3) is 6.08 Å². The molecule has 0 spiro atoms. The highest BCUT2D eigenvalue weighted by molar-refractivity contribution is 5.91. The molecule has 0 saturated carbocycles. The van der Waals surface area contributed by atoms with Crippen molar-refractivity contribution in [2.45, 2.75) is 12.8 Å². The maximum absolute atomic E-state index is 11.8. The molecule has 0 fully saturated rings. The minimum Gasteiger partial charge on any atom is -0.504 e. The molecular formula is C27H32N2O7. The largest absolute Gasteiger partial charge is 0.504 e. The summed E-state index contributed by atoms with van der Waals surface area (Å²) in [5.74, 6) is 0.420. The van der Waals surface area contributed by atoms with Crippen molar-refractivity contribution in [1.29, 1.82) is 0 Å². The van der Waals surface area contributed by atoms with E-state index in [4.69, 9.17) is 15.2 Å². The zero-order chi connectivity index (χ0) is 26.5. The second-order valence-electron chi connectivity index (χ2n) is 7.67. The van der Waals surface area contributed by atoms with Crippen molar-refractivity contribution >= 4 is 12.0 Å². The van der Waals surface area contributed by atoms with Crippen LogP contribution in [-0.4, -0.2) is 53.6 Å². The fraction of sp³-hybridized carbons (Fsp3) is 0.222. The van der Waals surface area contributed by atoms with E-state index in [0.717, 1.165) is 17.5 Å². The number of rotatable bonds is 9. The van der Waals surface area contributed by atoms with Gasteiger partial charge in [-0.15, -0.1) is 0 Å². The lowest BCUT2D eigenvalue weighted by Gasteiger charge is -2.07. The fourth-order valence-corrected chi connectivity index (χ4v) is 3.13. The fourth-order valence-electron chi connectivity index (χ4n) is 3.13. The second kappa shape index (κ2) is 14.1. The summed E-state index contributed by atoms with van der Waals surface area (Å²) in [6, 6.07) is 14.6. The molecule has 0 atom stereocenters. The number of amides is 1. The van der Waals surface area contributed by atoms with Crippen molar-refractivity contribution in [2.24, 2.45) is 5.73 Å². The number of nitrogens with one attached hydrogen (secondary N) is 1. The molecule has 3 aromatic rings. The lowest BCUT2D eigenvalue weighted by Crippen LogP contribution is -2.23. The Morgan fingerprint density at radius 1 is 0.806 bits per heavy atom. The van der Waals surface area contributed by atoms with Gasteiger partial charge in [0.15, 0.2) is 34.5 Å². The molecule has 3 rings (SSSR count). The number of ether oxygens (including phenoxy) is 2. The van der Waals surface area contributed by atoms with Gasteiger partial charge < -0.3 is 41.0 Å². The molecule has 0 saturated heterocycles. The third-order valence-electron chi connectivity index (χ3n) is 5.06. The third kappa shape index (κ3) is 8.77. The van der Waals surface area contributed by atoms with E-state index in [2.05, 4.69) is 5.32 Å². The van der Waals surface area contributed by atoms with Crippen LogP contribution in [0.2, 0.25) is 0 Å². The van der Waals surface area contributed by atoms with Gasteiger partial charge >= 0.3 is 0 Å². The molecule has 3 aromatic carbocycles. The number of methoxy groups -OCH3 is 2. The van der Waals surface area contributed by atoms with E-state index < -0.39 is 0 Å². The quantitative estimate of drug-likeness (QED) is 0.195. The Bertz CT molecular complexity index is 1180. The number of aromatic hydroxyl groups is 4. The Hall–Kier alpha value is -4.37. The standard InChI is InChI=1S/C18H19NO5.C9H13NO2/c1-24-17-11-13(3-6-15(17)21)8-9-19-18(23)7-4-12-2-5-14(20)16(22)10-12;1-12-9-6-7(4-5-10)2-3-8(9)11/h2-7,10-11,20-22H,8-9H2,1H3,(H,19,23);2-3,6,11H,4-5,10H2,1H3. The Morgan fingerprint density at radius 2 is 1.36 bits per heavy atom. The Labute approximate surface area is 210 Å². The maximum Gasteiger partial charge on any atom is 0.244 e. The molecule has 0 aliphatic heterocycles. The molecule has 0 aliphatic rings. The van der Waals surface area contributed by atoms with Crippen LogP contribution in [0.5, 0.6) is 34.5 Å². The van der Waals surface area contributed by atoms with Gasteiger partial charge in [-0.1, -0.05) is 18.2 Å². The first-order valence-corrected chi connectivity index (χ1v) is 11.2. The van der Waals surface area contributed by atoms with E-state index >= 15 is 0 Å². The molecular weight excluding hydrogens is 464 g/mol. The lowest BCUT2D eigenvalue weighted by atomic mass is 10.1. The molecule has 0 unspecified atom stereocenters. The Kier molecular flexibility index (Phi) is 10.9. The van der Waals surface area contributed by atoms with Crippen LogP contribution < -0.4 is 20.5 Å². The normalized spacial score (nSPS) is 10.4.